The fourth-order valence-corrected chi connectivity index (χ4v) is 0.704. The van der Waals surface area contributed by atoms with Gasteiger partial charge in [0.15, 0.2) is 0 Å². The molecule has 0 aromatic heterocycles. The van der Waals surface area contributed by atoms with Gasteiger partial charge in [-0.2, -0.15) is 6.92 Å². The average Bonchev–Trinajstić information content (AvgIpc) is 2.07. The van der Waals surface area contributed by atoms with E-state index in [0.717, 1.165) is 0 Å². The van der Waals surface area contributed by atoms with E-state index in [1.807, 2.05) is 10.6 Å². The second-order valence-corrected chi connectivity index (χ2v) is 1.94. The summed E-state index contributed by atoms with van der Waals surface area (Å²) in [7, 11) is 3.15. The van der Waals surface area contributed by atoms with E-state index in [4.69, 9.17) is 0 Å². The molecule has 1 heterocycles. The van der Waals surface area contributed by atoms with Crippen LogP contribution in [0, 0.1) is 14.0 Å². The van der Waals surface area contributed by atoms with Gasteiger partial charge in [-0.1, -0.05) is 0 Å². The van der Waals surface area contributed by atoms with Gasteiger partial charge in [0.1, 0.15) is 6.04 Å². The van der Waals surface area contributed by atoms with Crippen LogP contribution in [0.15, 0.2) is 0 Å². The van der Waals surface area contributed by atoms with Crippen molar-refractivity contribution in [1.29, 1.82) is 0 Å². The van der Waals surface area contributed by atoms with Crippen LogP contribution < -0.4 is 16.0 Å². The van der Waals surface area contributed by atoms with Crippen molar-refractivity contribution in [2.45, 2.75) is 13.0 Å². The van der Waals surface area contributed by atoms with Gasteiger partial charge >= 0.3 is 6.03 Å². The van der Waals surface area contributed by atoms with Crippen LogP contribution in [0.5, 0.6) is 0 Å². The second-order valence-electron chi connectivity index (χ2n) is 1.94. The summed E-state index contributed by atoms with van der Waals surface area (Å²) < 4.78 is 0. The molecule has 14 heavy (non-hydrogen) atoms. The number of urea groups is 1. The first-order valence-corrected chi connectivity index (χ1v) is 3.54. The summed E-state index contributed by atoms with van der Waals surface area (Å²) in [5.74, 6) is -1.37. The molecular formula is C7H11N3O3Y-2. The predicted molar refractivity (Wildman–Crippen MR) is 45.0 cm³/mol. The topological polar surface area (TPSA) is 87.3 Å². The van der Waals surface area contributed by atoms with Gasteiger partial charge in [-0.05, 0) is 0 Å². The van der Waals surface area contributed by atoms with Gasteiger partial charge in [-0.15, -0.1) is 0 Å². The fourth-order valence-electron chi connectivity index (χ4n) is 0.704. The Bertz CT molecular complexity index is 212. The molecule has 77 valence electrons. The molecule has 0 spiro atoms. The normalized spacial score (nSPS) is 15.8. The SMILES string of the molecule is [CH2-]C.[CH2-]NC1C(=O)NC(=O)NC1=O.[Y]. The van der Waals surface area contributed by atoms with Gasteiger partial charge in [0.2, 0.25) is 0 Å². The average molecular weight is 274 g/mol. The van der Waals surface area contributed by atoms with Gasteiger partial charge in [-0.25, -0.2) is 4.79 Å². The molecule has 0 bridgehead atoms. The Morgan fingerprint density at radius 2 is 1.50 bits per heavy atom. The van der Waals surface area contributed by atoms with E-state index in [-0.39, 0.29) is 32.7 Å². The first-order valence-electron chi connectivity index (χ1n) is 3.54. The summed E-state index contributed by atoms with van der Waals surface area (Å²) in [5.41, 5.74) is 0. The molecule has 4 amide bonds. The summed E-state index contributed by atoms with van der Waals surface area (Å²) in [5, 5.41) is 5.99. The molecule has 1 aliphatic rings. The Labute approximate surface area is 107 Å². The minimum atomic E-state index is -1.08. The van der Waals surface area contributed by atoms with E-state index < -0.39 is 23.9 Å². The van der Waals surface area contributed by atoms with Crippen LogP contribution in [0.25, 0.3) is 0 Å². The largest absolute Gasteiger partial charge is 0.454 e. The van der Waals surface area contributed by atoms with Crippen molar-refractivity contribution in [3.63, 3.8) is 0 Å². The number of carbonyl (C=O) groups excluding carboxylic acids is 3. The van der Waals surface area contributed by atoms with Crippen LogP contribution in [0.1, 0.15) is 6.92 Å². The van der Waals surface area contributed by atoms with Crippen molar-refractivity contribution >= 4 is 17.8 Å². The number of carbonyl (C=O) groups is 3. The Kier molecular flexibility index (Phi) is 9.23. The van der Waals surface area contributed by atoms with E-state index in [2.05, 4.69) is 19.3 Å². The Morgan fingerprint density at radius 3 is 1.79 bits per heavy atom. The number of barbiturate groups is 1. The van der Waals surface area contributed by atoms with Gasteiger partial charge in [0, 0.05) is 32.7 Å². The molecule has 0 saturated carbocycles. The van der Waals surface area contributed by atoms with E-state index in [9.17, 15) is 14.4 Å². The standard InChI is InChI=1S/C5H6N3O3.C2H5.Y/c1-6-2-3(9)7-5(11)8-4(2)10;1-2;/h2,6H,1H2,(H2,7,8,9,10,11);1H2,2H3;/q2*-1;. The molecule has 1 rings (SSSR count). The molecule has 0 aliphatic carbocycles. The number of hydrogen-bond acceptors (Lipinski definition) is 4. The summed E-state index contributed by atoms with van der Waals surface area (Å²) in [4.78, 5) is 31.9. The van der Waals surface area contributed by atoms with E-state index >= 15 is 0 Å². The van der Waals surface area contributed by atoms with E-state index in [0.29, 0.717) is 0 Å². The first-order chi connectivity index (χ1) is 6.15. The van der Waals surface area contributed by atoms with Crippen molar-refractivity contribution in [3.8, 4) is 0 Å². The molecule has 7 heteroatoms. The van der Waals surface area contributed by atoms with Crippen molar-refractivity contribution in [1.82, 2.24) is 16.0 Å². The minimum absolute atomic E-state index is 0. The number of nitrogens with one attached hydrogen (secondary N) is 3. The molecule has 1 radical (unpaired) electrons. The smallest absolute Gasteiger partial charge is 0.328 e. The summed E-state index contributed by atoms with van der Waals surface area (Å²) in [6.45, 7) is 5.00. The Hall–Kier alpha value is -0.326. The van der Waals surface area contributed by atoms with Crippen LogP contribution in [0.2, 0.25) is 0 Å². The second kappa shape index (κ2) is 8.02. The number of rotatable bonds is 1. The van der Waals surface area contributed by atoms with Crippen molar-refractivity contribution in [3.05, 3.63) is 14.0 Å². The van der Waals surface area contributed by atoms with Crippen LogP contribution in [-0.4, -0.2) is 23.9 Å². The summed E-state index contributed by atoms with van der Waals surface area (Å²) >= 11 is 0. The quantitative estimate of drug-likeness (QED) is 0.420. The van der Waals surface area contributed by atoms with Crippen LogP contribution in [-0.2, 0) is 42.3 Å². The molecule has 0 aromatic carbocycles. The number of imide groups is 2. The van der Waals surface area contributed by atoms with Crippen LogP contribution in [0.4, 0.5) is 4.79 Å². The molecule has 0 unspecified atom stereocenters. The van der Waals surface area contributed by atoms with Crippen LogP contribution >= 0.6 is 0 Å². The molecule has 1 saturated heterocycles. The summed E-state index contributed by atoms with van der Waals surface area (Å²) in [6.07, 6.45) is 0. The summed E-state index contributed by atoms with van der Waals surface area (Å²) in [6, 6.07) is -1.88. The maximum atomic E-state index is 10.8. The Balaban J connectivity index is 0. The maximum Gasteiger partial charge on any atom is 0.328 e. The zero-order valence-corrected chi connectivity index (χ0v) is 10.6. The fraction of sp³-hybridized carbons (Fsp3) is 0.286. The van der Waals surface area contributed by atoms with Crippen molar-refractivity contribution in [2.24, 2.45) is 0 Å². The van der Waals surface area contributed by atoms with Gasteiger partial charge < -0.3 is 12.2 Å². The third-order valence-electron chi connectivity index (χ3n) is 1.20. The van der Waals surface area contributed by atoms with E-state index in [1.54, 1.807) is 6.92 Å². The van der Waals surface area contributed by atoms with Crippen molar-refractivity contribution < 1.29 is 47.1 Å². The molecular weight excluding hydrogens is 263 g/mol. The third kappa shape index (κ3) is 4.26. The molecule has 0 aromatic rings. The molecule has 1 aliphatic heterocycles. The van der Waals surface area contributed by atoms with Crippen molar-refractivity contribution in [2.75, 3.05) is 0 Å². The zero-order chi connectivity index (χ0) is 10.4. The van der Waals surface area contributed by atoms with Gasteiger partial charge in [0.05, 0.1) is 0 Å². The molecule has 6 nitrogen and oxygen atoms in total. The minimum Gasteiger partial charge on any atom is -0.454 e. The van der Waals surface area contributed by atoms with Gasteiger partial charge in [-0.3, -0.25) is 27.3 Å². The predicted octanol–water partition coefficient (Wildman–Crippen LogP) is -1.06. The zero-order valence-electron chi connectivity index (χ0n) is 7.79. The van der Waals surface area contributed by atoms with Gasteiger partial charge in [0.25, 0.3) is 11.8 Å². The molecule has 0 atom stereocenters. The third-order valence-corrected chi connectivity index (χ3v) is 1.20. The first kappa shape index (κ1) is 16.1. The number of hydrogen-bond donors (Lipinski definition) is 3. The number of amides is 4. The molecule has 3 N–H and O–H groups in total. The van der Waals surface area contributed by atoms with E-state index in [1.165, 1.54) is 0 Å². The monoisotopic (exact) mass is 274 g/mol. The Morgan fingerprint density at radius 1 is 1.14 bits per heavy atom. The molecule has 1 fully saturated rings. The van der Waals surface area contributed by atoms with Crippen LogP contribution in [0.3, 0.4) is 0 Å². The maximum absolute atomic E-state index is 10.8.